The molecule has 0 saturated carbocycles. The standard InChI is InChI=1S/C19H21N3O2/c1-11-10-12(6-7-16(11)24-2)18-21-19(23)14-5-3-4-13-15(20)8-9-22(18)17(13)14/h3-7,10,15,18H,8-9,20H2,1-2H3,(H,21,23)/t15-,18-/m0/s1. The summed E-state index contributed by atoms with van der Waals surface area (Å²) in [5.74, 6) is 0.804. The summed E-state index contributed by atoms with van der Waals surface area (Å²) in [6.07, 6.45) is 0.695. The molecule has 0 aromatic heterocycles. The van der Waals surface area contributed by atoms with Crippen LogP contribution in [0.3, 0.4) is 0 Å². The normalized spacial score (nSPS) is 22.0. The maximum atomic E-state index is 12.6. The molecular weight excluding hydrogens is 302 g/mol. The van der Waals surface area contributed by atoms with Gasteiger partial charge in [-0.05, 0) is 48.2 Å². The molecule has 3 N–H and O–H groups in total. The van der Waals surface area contributed by atoms with Crippen LogP contribution < -0.4 is 20.7 Å². The predicted molar refractivity (Wildman–Crippen MR) is 93.3 cm³/mol. The Kier molecular flexibility index (Phi) is 3.46. The number of ether oxygens (including phenoxy) is 1. The molecule has 4 rings (SSSR count). The summed E-state index contributed by atoms with van der Waals surface area (Å²) in [5, 5.41) is 3.14. The molecule has 0 saturated heterocycles. The molecule has 0 fully saturated rings. The number of carbonyl (C=O) groups is 1. The van der Waals surface area contributed by atoms with Crippen molar-refractivity contribution < 1.29 is 9.53 Å². The van der Waals surface area contributed by atoms with Crippen LogP contribution in [0.2, 0.25) is 0 Å². The first-order chi connectivity index (χ1) is 11.6. The number of nitrogens with two attached hydrogens (primary N) is 1. The van der Waals surface area contributed by atoms with Crippen LogP contribution >= 0.6 is 0 Å². The highest BCUT2D eigenvalue weighted by Gasteiger charge is 2.37. The van der Waals surface area contributed by atoms with Crippen molar-refractivity contribution in [2.45, 2.75) is 25.6 Å². The highest BCUT2D eigenvalue weighted by atomic mass is 16.5. The number of nitrogens with zero attached hydrogens (tertiary/aromatic N) is 1. The summed E-state index contributed by atoms with van der Waals surface area (Å²) in [5.41, 5.74) is 11.1. The van der Waals surface area contributed by atoms with Crippen LogP contribution in [0, 0.1) is 6.92 Å². The number of rotatable bonds is 2. The fraction of sp³-hybridized carbons (Fsp3) is 0.316. The maximum absolute atomic E-state index is 12.6. The van der Waals surface area contributed by atoms with E-state index in [1.165, 1.54) is 0 Å². The van der Waals surface area contributed by atoms with Crippen LogP contribution in [-0.4, -0.2) is 19.6 Å². The van der Waals surface area contributed by atoms with E-state index in [-0.39, 0.29) is 18.1 Å². The lowest BCUT2D eigenvalue weighted by molar-refractivity contribution is 0.0925. The van der Waals surface area contributed by atoms with Gasteiger partial charge in [-0.1, -0.05) is 18.2 Å². The number of aryl methyl sites for hydroxylation is 1. The van der Waals surface area contributed by atoms with Crippen LogP contribution in [0.1, 0.15) is 45.7 Å². The van der Waals surface area contributed by atoms with Gasteiger partial charge < -0.3 is 20.7 Å². The molecule has 0 spiro atoms. The summed E-state index contributed by atoms with van der Waals surface area (Å²) >= 11 is 0. The molecule has 2 aliphatic heterocycles. The Bertz CT molecular complexity index is 818. The lowest BCUT2D eigenvalue weighted by Crippen LogP contribution is -2.49. The highest BCUT2D eigenvalue weighted by Crippen LogP contribution is 2.42. The molecule has 2 aliphatic rings. The van der Waals surface area contributed by atoms with E-state index in [9.17, 15) is 4.79 Å². The van der Waals surface area contributed by atoms with Crippen molar-refractivity contribution in [2.24, 2.45) is 5.73 Å². The number of amides is 1. The highest BCUT2D eigenvalue weighted by molar-refractivity contribution is 6.03. The molecule has 1 amide bonds. The van der Waals surface area contributed by atoms with E-state index >= 15 is 0 Å². The second kappa shape index (κ2) is 5.53. The second-order valence-electron chi connectivity index (χ2n) is 6.44. The first-order valence-corrected chi connectivity index (χ1v) is 8.20. The summed E-state index contributed by atoms with van der Waals surface area (Å²) < 4.78 is 5.34. The van der Waals surface area contributed by atoms with Crippen molar-refractivity contribution in [3.8, 4) is 5.75 Å². The molecule has 0 bridgehead atoms. The Morgan fingerprint density at radius 3 is 2.88 bits per heavy atom. The van der Waals surface area contributed by atoms with Crippen molar-refractivity contribution in [2.75, 3.05) is 18.6 Å². The minimum atomic E-state index is -0.178. The Morgan fingerprint density at radius 1 is 1.29 bits per heavy atom. The van der Waals surface area contributed by atoms with E-state index < -0.39 is 0 Å². The first-order valence-electron chi connectivity index (χ1n) is 8.20. The Hall–Kier alpha value is -2.53. The van der Waals surface area contributed by atoms with Crippen LogP contribution in [0.25, 0.3) is 0 Å². The summed E-state index contributed by atoms with van der Waals surface area (Å²) in [6.45, 7) is 2.83. The largest absolute Gasteiger partial charge is 0.496 e. The lowest BCUT2D eigenvalue weighted by atomic mass is 9.90. The minimum absolute atomic E-state index is 0.0136. The SMILES string of the molecule is COc1ccc([C@H]2NC(=O)c3cccc4c3N2CC[C@@H]4N)cc1C. The topological polar surface area (TPSA) is 67.6 Å². The molecule has 24 heavy (non-hydrogen) atoms. The zero-order chi connectivity index (χ0) is 16.8. The van der Waals surface area contributed by atoms with Crippen molar-refractivity contribution in [3.05, 3.63) is 58.7 Å². The zero-order valence-corrected chi connectivity index (χ0v) is 13.9. The van der Waals surface area contributed by atoms with Gasteiger partial charge in [0.15, 0.2) is 0 Å². The van der Waals surface area contributed by atoms with Crippen LogP contribution in [0.15, 0.2) is 36.4 Å². The number of carbonyl (C=O) groups excluding carboxylic acids is 1. The number of nitrogens with one attached hydrogen (secondary N) is 1. The Labute approximate surface area is 141 Å². The molecule has 124 valence electrons. The van der Waals surface area contributed by atoms with Gasteiger partial charge in [-0.2, -0.15) is 0 Å². The fourth-order valence-corrected chi connectivity index (χ4v) is 3.78. The van der Waals surface area contributed by atoms with Crippen molar-refractivity contribution in [1.29, 1.82) is 0 Å². The van der Waals surface area contributed by atoms with Crippen molar-refractivity contribution in [1.82, 2.24) is 5.32 Å². The van der Waals surface area contributed by atoms with Crippen molar-refractivity contribution in [3.63, 3.8) is 0 Å². The van der Waals surface area contributed by atoms with Gasteiger partial charge in [-0.3, -0.25) is 4.79 Å². The molecule has 5 nitrogen and oxygen atoms in total. The molecule has 2 aromatic rings. The van der Waals surface area contributed by atoms with Crippen LogP contribution in [0.5, 0.6) is 5.75 Å². The second-order valence-corrected chi connectivity index (χ2v) is 6.44. The number of hydrogen-bond donors (Lipinski definition) is 2. The number of methoxy groups -OCH3 is 1. The Morgan fingerprint density at radius 2 is 2.12 bits per heavy atom. The summed E-state index contributed by atoms with van der Waals surface area (Å²) in [4.78, 5) is 14.9. The number of anilines is 1. The van der Waals surface area contributed by atoms with Gasteiger partial charge in [0, 0.05) is 12.6 Å². The smallest absolute Gasteiger partial charge is 0.255 e. The van der Waals surface area contributed by atoms with Gasteiger partial charge in [0.2, 0.25) is 0 Å². The van der Waals surface area contributed by atoms with E-state index in [1.807, 2.05) is 37.3 Å². The molecule has 0 unspecified atom stereocenters. The molecule has 0 radical (unpaired) electrons. The third-order valence-corrected chi connectivity index (χ3v) is 4.99. The first kappa shape index (κ1) is 15.0. The lowest BCUT2D eigenvalue weighted by Gasteiger charge is -2.44. The summed E-state index contributed by atoms with van der Waals surface area (Å²) in [7, 11) is 1.67. The molecule has 2 aromatic carbocycles. The van der Waals surface area contributed by atoms with Crippen molar-refractivity contribution >= 4 is 11.6 Å². The monoisotopic (exact) mass is 323 g/mol. The number of hydrogen-bond acceptors (Lipinski definition) is 4. The number of para-hydroxylation sites is 1. The van der Waals surface area contributed by atoms with E-state index in [0.717, 1.165) is 41.1 Å². The molecular formula is C19H21N3O2. The fourth-order valence-electron chi connectivity index (χ4n) is 3.78. The van der Waals surface area contributed by atoms with Gasteiger partial charge in [0.1, 0.15) is 11.9 Å². The third-order valence-electron chi connectivity index (χ3n) is 4.99. The number of benzene rings is 2. The van der Waals surface area contributed by atoms with Gasteiger partial charge in [-0.15, -0.1) is 0 Å². The average molecular weight is 323 g/mol. The van der Waals surface area contributed by atoms with Gasteiger partial charge in [0.25, 0.3) is 5.91 Å². The van der Waals surface area contributed by atoms with E-state index in [4.69, 9.17) is 10.5 Å². The van der Waals surface area contributed by atoms with Crippen LogP contribution in [-0.2, 0) is 0 Å². The third kappa shape index (κ3) is 2.16. The molecule has 2 atom stereocenters. The van der Waals surface area contributed by atoms with E-state index in [2.05, 4.69) is 16.3 Å². The molecule has 0 aliphatic carbocycles. The van der Waals surface area contributed by atoms with E-state index in [0.29, 0.717) is 5.56 Å². The van der Waals surface area contributed by atoms with Gasteiger partial charge >= 0.3 is 0 Å². The molecule has 5 heteroatoms. The summed E-state index contributed by atoms with van der Waals surface area (Å²) in [6, 6.07) is 11.8. The quantitative estimate of drug-likeness (QED) is 0.891. The zero-order valence-electron chi connectivity index (χ0n) is 13.9. The Balaban J connectivity index is 1.82. The van der Waals surface area contributed by atoms with Gasteiger partial charge in [0.05, 0.1) is 18.4 Å². The van der Waals surface area contributed by atoms with Crippen LogP contribution in [0.4, 0.5) is 5.69 Å². The van der Waals surface area contributed by atoms with Gasteiger partial charge in [-0.25, -0.2) is 0 Å². The predicted octanol–water partition coefficient (Wildman–Crippen LogP) is 2.66. The molecule has 2 heterocycles. The minimum Gasteiger partial charge on any atom is -0.496 e. The van der Waals surface area contributed by atoms with E-state index in [1.54, 1.807) is 7.11 Å². The average Bonchev–Trinajstić information content (AvgIpc) is 2.59. The maximum Gasteiger partial charge on any atom is 0.255 e.